The third-order valence-electron chi connectivity index (χ3n) is 4.44. The topological polar surface area (TPSA) is 45.2 Å². The van der Waals surface area contributed by atoms with E-state index in [0.717, 1.165) is 35.9 Å². The number of nitrogens with one attached hydrogen (secondary N) is 1. The number of hydrogen-bond donors (Lipinski definition) is 1. The first-order valence-corrected chi connectivity index (χ1v) is 9.63. The quantitative estimate of drug-likeness (QED) is 0.852. The number of benzene rings is 1. The largest absolute Gasteiger partial charge is 0.354 e. The van der Waals surface area contributed by atoms with E-state index in [-0.39, 0.29) is 5.91 Å². The maximum Gasteiger partial charge on any atom is 0.226 e. The van der Waals surface area contributed by atoms with E-state index >= 15 is 0 Å². The number of likely N-dealkylation sites (N-methyl/N-ethyl adjacent to an activating group) is 1. The van der Waals surface area contributed by atoms with Gasteiger partial charge in [0.2, 0.25) is 5.91 Å². The van der Waals surface area contributed by atoms with Crippen molar-refractivity contribution in [2.24, 2.45) is 0 Å². The van der Waals surface area contributed by atoms with E-state index < -0.39 is 0 Å². The molecule has 0 saturated carbocycles. The van der Waals surface area contributed by atoms with Gasteiger partial charge in [0.15, 0.2) is 0 Å². The van der Waals surface area contributed by atoms with Crippen LogP contribution in [0.15, 0.2) is 29.6 Å². The molecule has 0 aliphatic carbocycles. The van der Waals surface area contributed by atoms with Gasteiger partial charge in [0, 0.05) is 23.5 Å². The standard InChI is InChI=1S/C18H22ClN3OS/c1-2-22-9-5-6-14(22)11-20-17(23)10-13-12-24-18(21-13)15-7-3-4-8-16(15)19/h3-4,7-8,12,14H,2,5-6,9-11H2,1H3,(H,20,23)/t14-/m1/s1. The highest BCUT2D eigenvalue weighted by Gasteiger charge is 2.23. The lowest BCUT2D eigenvalue weighted by Gasteiger charge is -2.22. The summed E-state index contributed by atoms with van der Waals surface area (Å²) in [5.41, 5.74) is 1.71. The molecule has 1 fully saturated rings. The van der Waals surface area contributed by atoms with Gasteiger partial charge in [-0.3, -0.25) is 9.69 Å². The summed E-state index contributed by atoms with van der Waals surface area (Å²) >= 11 is 7.73. The molecule has 0 radical (unpaired) electrons. The summed E-state index contributed by atoms with van der Waals surface area (Å²) in [4.78, 5) is 19.2. The molecule has 1 aromatic heterocycles. The molecule has 4 nitrogen and oxygen atoms in total. The molecule has 1 atom stereocenters. The zero-order valence-corrected chi connectivity index (χ0v) is 15.4. The summed E-state index contributed by atoms with van der Waals surface area (Å²) in [5, 5.41) is 6.53. The minimum Gasteiger partial charge on any atom is -0.354 e. The molecule has 3 rings (SSSR count). The van der Waals surface area contributed by atoms with Crippen molar-refractivity contribution in [2.45, 2.75) is 32.2 Å². The Kier molecular flexibility index (Phi) is 5.87. The van der Waals surface area contributed by atoms with Crippen LogP contribution in [-0.4, -0.2) is 41.5 Å². The molecule has 1 aromatic carbocycles. The maximum atomic E-state index is 12.2. The van der Waals surface area contributed by atoms with Gasteiger partial charge in [-0.05, 0) is 32.0 Å². The highest BCUT2D eigenvalue weighted by atomic mass is 35.5. The smallest absolute Gasteiger partial charge is 0.226 e. The van der Waals surface area contributed by atoms with Crippen LogP contribution in [0.3, 0.4) is 0 Å². The lowest BCUT2D eigenvalue weighted by atomic mass is 10.2. The number of nitrogens with zero attached hydrogens (tertiary/aromatic N) is 2. The number of likely N-dealkylation sites (tertiary alicyclic amines) is 1. The predicted molar refractivity (Wildman–Crippen MR) is 99.5 cm³/mol. The van der Waals surface area contributed by atoms with Crippen molar-refractivity contribution in [3.63, 3.8) is 0 Å². The maximum absolute atomic E-state index is 12.2. The van der Waals surface area contributed by atoms with E-state index in [1.54, 1.807) is 0 Å². The molecule has 0 spiro atoms. The number of hydrogen-bond acceptors (Lipinski definition) is 4. The summed E-state index contributed by atoms with van der Waals surface area (Å²) in [6.45, 7) is 5.10. The molecule has 1 amide bonds. The lowest BCUT2D eigenvalue weighted by molar-refractivity contribution is -0.120. The van der Waals surface area contributed by atoms with Gasteiger partial charge in [0.25, 0.3) is 0 Å². The Morgan fingerprint density at radius 2 is 2.29 bits per heavy atom. The molecule has 0 bridgehead atoms. The van der Waals surface area contributed by atoms with Crippen LogP contribution in [0.1, 0.15) is 25.5 Å². The second-order valence-electron chi connectivity index (χ2n) is 6.03. The van der Waals surface area contributed by atoms with E-state index in [1.807, 2.05) is 29.6 Å². The van der Waals surface area contributed by atoms with E-state index in [2.05, 4.69) is 22.1 Å². The molecule has 2 aromatic rings. The predicted octanol–water partition coefficient (Wildman–Crippen LogP) is 3.61. The monoisotopic (exact) mass is 363 g/mol. The van der Waals surface area contributed by atoms with E-state index in [1.165, 1.54) is 24.2 Å². The molecule has 1 N–H and O–H groups in total. The number of carbonyl (C=O) groups excluding carboxylic acids is 1. The van der Waals surface area contributed by atoms with Gasteiger partial charge in [-0.15, -0.1) is 11.3 Å². The summed E-state index contributed by atoms with van der Waals surface area (Å²) in [6.07, 6.45) is 2.71. The fraction of sp³-hybridized carbons (Fsp3) is 0.444. The van der Waals surface area contributed by atoms with Crippen LogP contribution in [0.4, 0.5) is 0 Å². The molecule has 1 saturated heterocycles. The molecule has 0 unspecified atom stereocenters. The first kappa shape index (κ1) is 17.4. The van der Waals surface area contributed by atoms with Crippen LogP contribution in [0.2, 0.25) is 5.02 Å². The fourth-order valence-electron chi connectivity index (χ4n) is 3.15. The average molecular weight is 364 g/mol. The zero-order valence-electron chi connectivity index (χ0n) is 13.8. The van der Waals surface area contributed by atoms with Gasteiger partial charge in [-0.25, -0.2) is 4.98 Å². The SMILES string of the molecule is CCN1CCC[C@@H]1CNC(=O)Cc1csc(-c2ccccc2Cl)n1. The summed E-state index contributed by atoms with van der Waals surface area (Å²) < 4.78 is 0. The number of amides is 1. The van der Waals surface area contributed by atoms with Crippen LogP contribution in [-0.2, 0) is 11.2 Å². The molecule has 128 valence electrons. The summed E-state index contributed by atoms with van der Waals surface area (Å²) in [7, 11) is 0. The van der Waals surface area contributed by atoms with Crippen LogP contribution in [0.25, 0.3) is 10.6 Å². The minimum absolute atomic E-state index is 0.0361. The Balaban J connectivity index is 1.55. The second-order valence-corrected chi connectivity index (χ2v) is 7.29. The number of carbonyl (C=O) groups is 1. The Hall–Kier alpha value is -1.43. The molecule has 1 aliphatic rings. The number of halogens is 1. The van der Waals surface area contributed by atoms with Crippen molar-refractivity contribution in [1.82, 2.24) is 15.2 Å². The fourth-order valence-corrected chi connectivity index (χ4v) is 4.29. The van der Waals surface area contributed by atoms with Gasteiger partial charge < -0.3 is 5.32 Å². The van der Waals surface area contributed by atoms with Crippen molar-refractivity contribution in [2.75, 3.05) is 19.6 Å². The molecular weight excluding hydrogens is 342 g/mol. The number of rotatable bonds is 6. The van der Waals surface area contributed by atoms with Crippen LogP contribution < -0.4 is 5.32 Å². The van der Waals surface area contributed by atoms with Gasteiger partial charge >= 0.3 is 0 Å². The van der Waals surface area contributed by atoms with Crippen molar-refractivity contribution in [3.05, 3.63) is 40.4 Å². The molecule has 24 heavy (non-hydrogen) atoms. The number of thiazole rings is 1. The molecular formula is C18H22ClN3OS. The van der Waals surface area contributed by atoms with Crippen LogP contribution in [0.5, 0.6) is 0 Å². The van der Waals surface area contributed by atoms with Gasteiger partial charge in [-0.2, -0.15) is 0 Å². The second kappa shape index (κ2) is 8.10. The lowest BCUT2D eigenvalue weighted by Crippen LogP contribution is -2.40. The average Bonchev–Trinajstić information content (AvgIpc) is 3.22. The number of aromatic nitrogens is 1. The van der Waals surface area contributed by atoms with Crippen molar-refractivity contribution < 1.29 is 4.79 Å². The van der Waals surface area contributed by atoms with E-state index in [0.29, 0.717) is 17.5 Å². The Morgan fingerprint density at radius 1 is 1.46 bits per heavy atom. The minimum atomic E-state index is 0.0361. The van der Waals surface area contributed by atoms with Crippen molar-refractivity contribution >= 4 is 28.8 Å². The summed E-state index contributed by atoms with van der Waals surface area (Å²) in [5.74, 6) is 0.0361. The highest BCUT2D eigenvalue weighted by molar-refractivity contribution is 7.13. The third-order valence-corrected chi connectivity index (χ3v) is 5.69. The van der Waals surface area contributed by atoms with Crippen LogP contribution in [0, 0.1) is 0 Å². The van der Waals surface area contributed by atoms with Gasteiger partial charge in [0.1, 0.15) is 5.01 Å². The third kappa shape index (κ3) is 4.15. The van der Waals surface area contributed by atoms with Gasteiger partial charge in [0.05, 0.1) is 17.1 Å². The van der Waals surface area contributed by atoms with Crippen molar-refractivity contribution in [1.29, 1.82) is 0 Å². The van der Waals surface area contributed by atoms with Crippen LogP contribution >= 0.6 is 22.9 Å². The molecule has 2 heterocycles. The first-order chi connectivity index (χ1) is 11.7. The van der Waals surface area contributed by atoms with E-state index in [4.69, 9.17) is 11.6 Å². The van der Waals surface area contributed by atoms with Crippen molar-refractivity contribution in [3.8, 4) is 10.6 Å². The zero-order chi connectivity index (χ0) is 16.9. The first-order valence-electron chi connectivity index (χ1n) is 8.37. The Morgan fingerprint density at radius 3 is 3.08 bits per heavy atom. The normalized spacial score (nSPS) is 18.0. The van der Waals surface area contributed by atoms with E-state index in [9.17, 15) is 4.79 Å². The Labute approximate surface area is 151 Å². The van der Waals surface area contributed by atoms with Gasteiger partial charge in [-0.1, -0.05) is 36.7 Å². The highest BCUT2D eigenvalue weighted by Crippen LogP contribution is 2.30. The molecule has 1 aliphatic heterocycles. The summed E-state index contributed by atoms with van der Waals surface area (Å²) in [6, 6.07) is 8.12. The Bertz CT molecular complexity index is 703. The molecule has 6 heteroatoms.